The highest BCUT2D eigenvalue weighted by Gasteiger charge is 2.24. The summed E-state index contributed by atoms with van der Waals surface area (Å²) >= 11 is 0. The van der Waals surface area contributed by atoms with E-state index in [1.54, 1.807) is 0 Å². The van der Waals surface area contributed by atoms with Crippen molar-refractivity contribution < 1.29 is 4.79 Å². The van der Waals surface area contributed by atoms with Gasteiger partial charge in [-0.3, -0.25) is 4.79 Å². The molecule has 4 aromatic rings. The lowest BCUT2D eigenvalue weighted by Crippen LogP contribution is -2.33. The van der Waals surface area contributed by atoms with Gasteiger partial charge < -0.3 is 15.6 Å². The molecule has 0 fully saturated rings. The first-order valence-corrected chi connectivity index (χ1v) is 11.5. The number of carbonyl (C=O) groups is 1. The molecular weight excluding hydrogens is 398 g/mol. The number of anilines is 1. The van der Waals surface area contributed by atoms with E-state index in [9.17, 15) is 4.79 Å². The second-order valence-corrected chi connectivity index (χ2v) is 8.40. The zero-order valence-electron chi connectivity index (χ0n) is 18.8. The molecule has 2 aromatic heterocycles. The van der Waals surface area contributed by atoms with Crippen LogP contribution in [0.3, 0.4) is 0 Å². The van der Waals surface area contributed by atoms with Crippen LogP contribution in [0.4, 0.5) is 5.82 Å². The highest BCUT2D eigenvalue weighted by atomic mass is 16.1. The summed E-state index contributed by atoms with van der Waals surface area (Å²) < 4.78 is 1.95. The molecule has 0 aliphatic rings. The number of aryl methyl sites for hydroxylation is 2. The SMILES string of the molecule is CCCCCn1c(N)c(C(=O)N[C@@H](C)CCc2ccccc2)c2nc3ccccc3nc21. The van der Waals surface area contributed by atoms with Crippen molar-refractivity contribution in [1.82, 2.24) is 19.9 Å². The van der Waals surface area contributed by atoms with E-state index in [0.29, 0.717) is 22.5 Å². The number of rotatable bonds is 9. The number of fused-ring (bicyclic) bond motifs is 2. The van der Waals surface area contributed by atoms with Gasteiger partial charge in [-0.05, 0) is 43.9 Å². The van der Waals surface area contributed by atoms with Crippen molar-refractivity contribution in [1.29, 1.82) is 0 Å². The van der Waals surface area contributed by atoms with Crippen LogP contribution in [0.2, 0.25) is 0 Å². The van der Waals surface area contributed by atoms with Crippen LogP contribution < -0.4 is 11.1 Å². The lowest BCUT2D eigenvalue weighted by Gasteiger charge is -2.14. The largest absolute Gasteiger partial charge is 0.384 e. The number of unbranched alkanes of at least 4 members (excludes halogenated alkanes) is 2. The summed E-state index contributed by atoms with van der Waals surface area (Å²) in [7, 11) is 0. The van der Waals surface area contributed by atoms with Gasteiger partial charge >= 0.3 is 0 Å². The molecule has 32 heavy (non-hydrogen) atoms. The number of carbonyl (C=O) groups excluding carboxylic acids is 1. The highest BCUT2D eigenvalue weighted by molar-refractivity contribution is 6.10. The monoisotopic (exact) mass is 429 g/mol. The highest BCUT2D eigenvalue weighted by Crippen LogP contribution is 2.28. The predicted molar refractivity (Wildman–Crippen MR) is 131 cm³/mol. The third-order valence-electron chi connectivity index (χ3n) is 5.89. The quantitative estimate of drug-likeness (QED) is 0.362. The van der Waals surface area contributed by atoms with Gasteiger partial charge in [-0.2, -0.15) is 0 Å². The summed E-state index contributed by atoms with van der Waals surface area (Å²) in [6.45, 7) is 4.92. The Labute approximate surface area is 188 Å². The molecule has 0 aliphatic carbocycles. The summed E-state index contributed by atoms with van der Waals surface area (Å²) in [6, 6.07) is 18.0. The topological polar surface area (TPSA) is 85.8 Å². The first-order chi connectivity index (χ1) is 15.6. The summed E-state index contributed by atoms with van der Waals surface area (Å²) in [5, 5.41) is 3.13. The Balaban J connectivity index is 1.63. The molecule has 0 spiro atoms. The summed E-state index contributed by atoms with van der Waals surface area (Å²) in [5.74, 6) is 0.256. The van der Waals surface area contributed by atoms with Gasteiger partial charge in [0.2, 0.25) is 0 Å². The molecule has 1 amide bonds. The smallest absolute Gasteiger partial charge is 0.257 e. The van der Waals surface area contributed by atoms with Gasteiger partial charge in [0.15, 0.2) is 5.65 Å². The molecule has 0 saturated carbocycles. The van der Waals surface area contributed by atoms with Crippen molar-refractivity contribution in [2.45, 2.75) is 58.5 Å². The predicted octanol–water partition coefficient (Wildman–Crippen LogP) is 5.11. The maximum Gasteiger partial charge on any atom is 0.257 e. The fourth-order valence-electron chi connectivity index (χ4n) is 4.08. The fourth-order valence-corrected chi connectivity index (χ4v) is 4.08. The van der Waals surface area contributed by atoms with E-state index in [1.807, 2.05) is 54.0 Å². The summed E-state index contributed by atoms with van der Waals surface area (Å²) in [4.78, 5) is 22.9. The lowest BCUT2D eigenvalue weighted by molar-refractivity contribution is 0.0940. The van der Waals surface area contributed by atoms with Crippen LogP contribution in [0.15, 0.2) is 54.6 Å². The Hall–Kier alpha value is -3.41. The molecule has 4 rings (SSSR count). The van der Waals surface area contributed by atoms with Crippen molar-refractivity contribution >= 4 is 33.9 Å². The minimum absolute atomic E-state index is 0.00835. The molecule has 0 bridgehead atoms. The van der Waals surface area contributed by atoms with Gasteiger partial charge in [0.05, 0.1) is 11.0 Å². The number of nitrogens with zero attached hydrogens (tertiary/aromatic N) is 3. The first kappa shape index (κ1) is 21.8. The molecule has 2 heterocycles. The molecule has 6 heteroatoms. The zero-order chi connectivity index (χ0) is 22.5. The minimum atomic E-state index is -0.188. The maximum atomic E-state index is 13.3. The van der Waals surface area contributed by atoms with Crippen molar-refractivity contribution in [3.8, 4) is 0 Å². The van der Waals surface area contributed by atoms with Crippen LogP contribution in [0.25, 0.3) is 22.2 Å². The molecule has 1 atom stereocenters. The third kappa shape index (κ3) is 4.59. The molecule has 166 valence electrons. The number of amides is 1. The Morgan fingerprint density at radius 1 is 1.03 bits per heavy atom. The Morgan fingerprint density at radius 3 is 2.44 bits per heavy atom. The van der Waals surface area contributed by atoms with Gasteiger partial charge in [-0.1, -0.05) is 62.2 Å². The molecule has 2 aromatic carbocycles. The number of nitrogens with two attached hydrogens (primary N) is 1. The number of hydrogen-bond acceptors (Lipinski definition) is 4. The molecule has 0 unspecified atom stereocenters. The van der Waals surface area contributed by atoms with Crippen LogP contribution in [-0.2, 0) is 13.0 Å². The average Bonchev–Trinajstić information content (AvgIpc) is 3.07. The van der Waals surface area contributed by atoms with E-state index in [-0.39, 0.29) is 11.9 Å². The summed E-state index contributed by atoms with van der Waals surface area (Å²) in [5.41, 5.74) is 11.0. The van der Waals surface area contributed by atoms with Gasteiger partial charge in [0, 0.05) is 12.6 Å². The number of nitrogens with one attached hydrogen (secondary N) is 1. The van der Waals surface area contributed by atoms with Crippen LogP contribution in [0.5, 0.6) is 0 Å². The number of aromatic nitrogens is 3. The van der Waals surface area contributed by atoms with Crippen LogP contribution in [-0.4, -0.2) is 26.5 Å². The van der Waals surface area contributed by atoms with Crippen LogP contribution in [0, 0.1) is 0 Å². The molecular formula is C26H31N5O. The van der Waals surface area contributed by atoms with Gasteiger partial charge in [0.25, 0.3) is 5.91 Å². The Bertz CT molecular complexity index is 1220. The fraction of sp³-hybridized carbons (Fsp3) is 0.346. The van der Waals surface area contributed by atoms with Crippen molar-refractivity contribution in [2.75, 3.05) is 5.73 Å². The van der Waals surface area contributed by atoms with E-state index in [1.165, 1.54) is 5.56 Å². The van der Waals surface area contributed by atoms with Gasteiger partial charge in [-0.15, -0.1) is 0 Å². The molecule has 6 nitrogen and oxygen atoms in total. The molecule has 0 saturated heterocycles. The molecule has 0 aliphatic heterocycles. The number of nitrogen functional groups attached to an aromatic ring is 1. The van der Waals surface area contributed by atoms with E-state index in [0.717, 1.165) is 49.7 Å². The number of para-hydroxylation sites is 2. The zero-order valence-corrected chi connectivity index (χ0v) is 18.8. The van der Waals surface area contributed by atoms with Crippen molar-refractivity contribution in [2.24, 2.45) is 0 Å². The Morgan fingerprint density at radius 2 is 1.72 bits per heavy atom. The standard InChI is InChI=1S/C26H31N5O/c1-3-4-10-17-31-24(27)22(23-25(31)30-21-14-9-8-13-20(21)29-23)26(32)28-18(2)15-16-19-11-6-5-7-12-19/h5-9,11-14,18H,3-4,10,15-17,27H2,1-2H3,(H,28,32)/t18-/m0/s1. The number of hydrogen-bond donors (Lipinski definition) is 2. The van der Waals surface area contributed by atoms with Gasteiger partial charge in [0.1, 0.15) is 16.9 Å². The molecule has 0 radical (unpaired) electrons. The maximum absolute atomic E-state index is 13.3. The van der Waals surface area contributed by atoms with Crippen molar-refractivity contribution in [3.63, 3.8) is 0 Å². The second kappa shape index (κ2) is 9.81. The van der Waals surface area contributed by atoms with E-state index < -0.39 is 0 Å². The van der Waals surface area contributed by atoms with Crippen LogP contribution in [0.1, 0.15) is 55.5 Å². The van der Waals surface area contributed by atoms with E-state index in [4.69, 9.17) is 15.7 Å². The van der Waals surface area contributed by atoms with Gasteiger partial charge in [-0.25, -0.2) is 9.97 Å². The van der Waals surface area contributed by atoms with E-state index >= 15 is 0 Å². The van der Waals surface area contributed by atoms with E-state index in [2.05, 4.69) is 24.4 Å². The number of benzene rings is 2. The second-order valence-electron chi connectivity index (χ2n) is 8.40. The molecule has 3 N–H and O–H groups in total. The summed E-state index contributed by atoms with van der Waals surface area (Å²) in [6.07, 6.45) is 4.94. The normalized spacial score (nSPS) is 12.3. The third-order valence-corrected chi connectivity index (χ3v) is 5.89. The average molecular weight is 430 g/mol. The Kier molecular flexibility index (Phi) is 6.69. The minimum Gasteiger partial charge on any atom is -0.384 e. The van der Waals surface area contributed by atoms with Crippen molar-refractivity contribution in [3.05, 3.63) is 65.7 Å². The lowest BCUT2D eigenvalue weighted by atomic mass is 10.1. The van der Waals surface area contributed by atoms with Crippen LogP contribution >= 0.6 is 0 Å². The first-order valence-electron chi connectivity index (χ1n) is 11.5.